The summed E-state index contributed by atoms with van der Waals surface area (Å²) in [6.07, 6.45) is -7.20. The molecule has 9 heteroatoms. The maximum absolute atomic E-state index is 13.8. The molecule has 0 saturated carbocycles. The van der Waals surface area contributed by atoms with Gasteiger partial charge in [0.15, 0.2) is 6.17 Å². The highest BCUT2D eigenvalue weighted by molar-refractivity contribution is 5.76. The van der Waals surface area contributed by atoms with Gasteiger partial charge in [0.2, 0.25) is 0 Å². The predicted molar refractivity (Wildman–Crippen MR) is 51.1 cm³/mol. The molecule has 0 aromatic rings. The highest BCUT2D eigenvalue weighted by atomic mass is 19.2. The molecule has 0 aromatic heterocycles. The average Bonchev–Trinajstić information content (AvgIpc) is 2.31. The SMILES string of the molecule is O=C(O)[C@]1(F)OC2C([C@H](O)CO)N[C@@H]2C(O)[C@@H]1F. The minimum Gasteiger partial charge on any atom is -0.477 e. The van der Waals surface area contributed by atoms with Crippen molar-refractivity contribution in [2.75, 3.05) is 6.61 Å². The Morgan fingerprint density at radius 2 is 2.17 bits per heavy atom. The number of hydrogen-bond donors (Lipinski definition) is 5. The normalized spacial score (nSPS) is 49.1. The first-order valence-electron chi connectivity index (χ1n) is 5.30. The number of aliphatic carboxylic acids is 1. The molecule has 2 rings (SSSR count). The lowest BCUT2D eigenvalue weighted by atomic mass is 9.80. The topological polar surface area (TPSA) is 119 Å². The standard InChI is InChI=1S/C9H13F2NO6/c10-7-5(15)4-6(3(12-4)2(14)1-13)18-9(7,11)8(16)17/h2-7,12-15H,1H2,(H,16,17)/t2-,3?,4-,5?,6?,7+,9-/m1/s1. The number of carboxylic acid groups (broad SMARTS) is 1. The lowest BCUT2D eigenvalue weighted by Crippen LogP contribution is -2.81. The van der Waals surface area contributed by atoms with E-state index >= 15 is 0 Å². The minimum atomic E-state index is -3.66. The van der Waals surface area contributed by atoms with E-state index in [1.54, 1.807) is 0 Å². The van der Waals surface area contributed by atoms with E-state index in [9.17, 15) is 23.8 Å². The molecular weight excluding hydrogens is 256 g/mol. The summed E-state index contributed by atoms with van der Waals surface area (Å²) < 4.78 is 31.8. The van der Waals surface area contributed by atoms with Crippen LogP contribution in [0.2, 0.25) is 0 Å². The summed E-state index contributed by atoms with van der Waals surface area (Å²) in [6, 6.07) is -1.98. The third-order valence-corrected chi connectivity index (χ3v) is 3.32. The fraction of sp³-hybridized carbons (Fsp3) is 0.889. The van der Waals surface area contributed by atoms with Crippen molar-refractivity contribution in [3.8, 4) is 0 Å². The molecule has 5 N–H and O–H groups in total. The van der Waals surface area contributed by atoms with E-state index in [1.165, 1.54) is 0 Å². The third kappa shape index (κ3) is 1.70. The van der Waals surface area contributed by atoms with Gasteiger partial charge in [-0.2, -0.15) is 4.39 Å². The molecule has 0 aliphatic carbocycles. The number of carboxylic acids is 1. The first-order chi connectivity index (χ1) is 8.32. The van der Waals surface area contributed by atoms with E-state index in [2.05, 4.69) is 10.1 Å². The van der Waals surface area contributed by atoms with E-state index in [4.69, 9.17) is 10.2 Å². The number of ether oxygens (including phenoxy) is 1. The second kappa shape index (κ2) is 4.35. The molecule has 18 heavy (non-hydrogen) atoms. The zero-order valence-electron chi connectivity index (χ0n) is 9.03. The lowest BCUT2D eigenvalue weighted by Gasteiger charge is -2.55. The first kappa shape index (κ1) is 13.6. The minimum absolute atomic E-state index is 0.661. The van der Waals surface area contributed by atoms with E-state index < -0.39 is 55.0 Å². The van der Waals surface area contributed by atoms with Gasteiger partial charge in [-0.3, -0.25) is 0 Å². The molecule has 0 bridgehead atoms. The highest BCUT2D eigenvalue weighted by Gasteiger charge is 2.66. The van der Waals surface area contributed by atoms with E-state index in [1.807, 2.05) is 0 Å². The van der Waals surface area contributed by atoms with Crippen molar-refractivity contribution < 1.29 is 38.7 Å². The van der Waals surface area contributed by atoms with Gasteiger partial charge in [0.25, 0.3) is 0 Å². The van der Waals surface area contributed by atoms with Gasteiger partial charge in [-0.15, -0.1) is 0 Å². The Morgan fingerprint density at radius 3 is 2.67 bits per heavy atom. The van der Waals surface area contributed by atoms with Crippen LogP contribution in [0.25, 0.3) is 0 Å². The van der Waals surface area contributed by atoms with Gasteiger partial charge in [-0.1, -0.05) is 0 Å². The number of hydrogen-bond acceptors (Lipinski definition) is 6. The first-order valence-corrected chi connectivity index (χ1v) is 5.30. The van der Waals surface area contributed by atoms with Gasteiger partial charge in [0, 0.05) is 0 Å². The van der Waals surface area contributed by atoms with E-state index in [0.29, 0.717) is 0 Å². The molecule has 0 radical (unpaired) electrons. The maximum atomic E-state index is 13.8. The molecule has 2 fully saturated rings. The Labute approximate surface area is 100.0 Å². The van der Waals surface area contributed by atoms with Crippen LogP contribution in [0.15, 0.2) is 0 Å². The van der Waals surface area contributed by atoms with Gasteiger partial charge >= 0.3 is 11.8 Å². The van der Waals surface area contributed by atoms with Crippen molar-refractivity contribution in [3.63, 3.8) is 0 Å². The molecule has 2 saturated heterocycles. The van der Waals surface area contributed by atoms with Gasteiger partial charge in [-0.25, -0.2) is 9.18 Å². The smallest absolute Gasteiger partial charge is 0.372 e. The van der Waals surface area contributed by atoms with Crippen LogP contribution in [0.3, 0.4) is 0 Å². The van der Waals surface area contributed by atoms with Gasteiger partial charge in [-0.05, 0) is 0 Å². The number of aliphatic hydroxyl groups excluding tert-OH is 3. The molecule has 0 spiro atoms. The maximum Gasteiger partial charge on any atom is 0.372 e. The van der Waals surface area contributed by atoms with Crippen molar-refractivity contribution in [1.29, 1.82) is 0 Å². The fourth-order valence-corrected chi connectivity index (χ4v) is 2.23. The van der Waals surface area contributed by atoms with Crippen molar-refractivity contribution in [1.82, 2.24) is 5.32 Å². The van der Waals surface area contributed by atoms with Crippen LogP contribution in [-0.4, -0.2) is 75.4 Å². The summed E-state index contributed by atoms with van der Waals surface area (Å²) >= 11 is 0. The monoisotopic (exact) mass is 269 g/mol. The predicted octanol–water partition coefficient (Wildman–Crippen LogP) is -2.47. The fourth-order valence-electron chi connectivity index (χ4n) is 2.23. The molecule has 0 amide bonds. The Bertz CT molecular complexity index is 354. The van der Waals surface area contributed by atoms with Crippen LogP contribution in [0.4, 0.5) is 8.78 Å². The van der Waals surface area contributed by atoms with Crippen molar-refractivity contribution in [2.45, 2.75) is 42.4 Å². The molecule has 2 aliphatic heterocycles. The van der Waals surface area contributed by atoms with Crippen LogP contribution in [-0.2, 0) is 9.53 Å². The van der Waals surface area contributed by atoms with Crippen LogP contribution in [0.1, 0.15) is 0 Å². The summed E-state index contributed by atoms with van der Waals surface area (Å²) in [5.74, 6) is -5.84. The molecule has 104 valence electrons. The lowest BCUT2D eigenvalue weighted by molar-refractivity contribution is -0.305. The van der Waals surface area contributed by atoms with Crippen LogP contribution in [0, 0.1) is 0 Å². The summed E-state index contributed by atoms with van der Waals surface area (Å²) in [6.45, 7) is -0.661. The second-order valence-electron chi connectivity index (χ2n) is 4.39. The highest BCUT2D eigenvalue weighted by Crippen LogP contribution is 2.39. The Kier molecular flexibility index (Phi) is 3.28. The van der Waals surface area contributed by atoms with Crippen molar-refractivity contribution in [3.05, 3.63) is 0 Å². The Morgan fingerprint density at radius 1 is 1.56 bits per heavy atom. The molecule has 7 nitrogen and oxygen atoms in total. The number of fused-ring (bicyclic) bond motifs is 1. The van der Waals surface area contributed by atoms with Gasteiger partial charge in [0.05, 0.1) is 30.9 Å². The Balaban J connectivity index is 2.19. The van der Waals surface area contributed by atoms with E-state index in [-0.39, 0.29) is 0 Å². The molecule has 0 aromatic carbocycles. The largest absolute Gasteiger partial charge is 0.477 e. The number of rotatable bonds is 3. The summed E-state index contributed by atoms with van der Waals surface area (Å²) in [7, 11) is 0. The summed E-state index contributed by atoms with van der Waals surface area (Å²) in [5, 5.41) is 38.6. The molecule has 2 heterocycles. The third-order valence-electron chi connectivity index (χ3n) is 3.32. The average molecular weight is 269 g/mol. The summed E-state index contributed by atoms with van der Waals surface area (Å²) in [5.41, 5.74) is 0. The van der Waals surface area contributed by atoms with Crippen molar-refractivity contribution in [2.24, 2.45) is 0 Å². The summed E-state index contributed by atoms with van der Waals surface area (Å²) in [4.78, 5) is 10.7. The molecular formula is C9H13F2NO6. The van der Waals surface area contributed by atoms with Crippen LogP contribution < -0.4 is 5.32 Å². The number of alkyl halides is 2. The van der Waals surface area contributed by atoms with E-state index in [0.717, 1.165) is 0 Å². The number of aliphatic hydroxyl groups is 3. The quantitative estimate of drug-likeness (QED) is 0.385. The number of carbonyl (C=O) groups is 1. The number of halogens is 2. The van der Waals surface area contributed by atoms with Crippen LogP contribution >= 0.6 is 0 Å². The van der Waals surface area contributed by atoms with Crippen molar-refractivity contribution >= 4 is 5.97 Å². The second-order valence-corrected chi connectivity index (χ2v) is 4.39. The Hall–Kier alpha value is -0.870. The van der Waals surface area contributed by atoms with Crippen LogP contribution in [0.5, 0.6) is 0 Å². The molecule has 2 aliphatic rings. The van der Waals surface area contributed by atoms with Gasteiger partial charge < -0.3 is 30.5 Å². The molecule has 3 unspecified atom stereocenters. The van der Waals surface area contributed by atoms with Gasteiger partial charge in [0.1, 0.15) is 6.10 Å². The number of nitrogens with one attached hydrogen (secondary N) is 1. The zero-order valence-corrected chi connectivity index (χ0v) is 9.03. The zero-order chi connectivity index (χ0) is 13.7. The molecule has 7 atom stereocenters.